The van der Waals surface area contributed by atoms with E-state index < -0.39 is 18.3 Å². The Bertz CT molecular complexity index is 606. The highest BCUT2D eigenvalue weighted by Crippen LogP contribution is 2.07. The molecule has 1 aliphatic rings. The normalized spacial score (nSPS) is 20.3. The van der Waals surface area contributed by atoms with Gasteiger partial charge in [-0.05, 0) is 53.2 Å². The minimum absolute atomic E-state index is 0.272. The Hall–Kier alpha value is -1.09. The van der Waals surface area contributed by atoms with E-state index in [4.69, 9.17) is 18.9 Å². The van der Waals surface area contributed by atoms with Gasteiger partial charge >= 0.3 is 6.09 Å². The van der Waals surface area contributed by atoms with Crippen LogP contribution in [-0.2, 0) is 18.9 Å². The van der Waals surface area contributed by atoms with Gasteiger partial charge in [0.2, 0.25) is 0 Å². The second-order valence-electron chi connectivity index (χ2n) is 10.0. The lowest BCUT2D eigenvalue weighted by atomic mass is 10.2. The van der Waals surface area contributed by atoms with Crippen LogP contribution >= 0.6 is 0 Å². The van der Waals surface area contributed by atoms with Crippen LogP contribution in [0.15, 0.2) is 0 Å². The maximum atomic E-state index is 12.5. The van der Waals surface area contributed by atoms with E-state index >= 15 is 0 Å². The SMILES string of the molecule is CCOCC(O)CN1CCCN(CC(O)COCC)CCN(C(=O)OC)CCCN(CC(O)COCC)CC1. The molecule has 12 heteroatoms. The molecule has 0 aliphatic carbocycles. The molecule has 0 radical (unpaired) electrons. The number of aliphatic hydroxyl groups is 3. The lowest BCUT2D eigenvalue weighted by Crippen LogP contribution is -2.46. The topological polar surface area (TPSA) is 128 Å². The van der Waals surface area contributed by atoms with Crippen molar-refractivity contribution in [3.63, 3.8) is 0 Å². The third-order valence-electron chi connectivity index (χ3n) is 6.65. The molecular weight excluding hydrogens is 508 g/mol. The fourth-order valence-corrected chi connectivity index (χ4v) is 4.67. The highest BCUT2D eigenvalue weighted by atomic mass is 16.5. The molecule has 1 rings (SSSR count). The van der Waals surface area contributed by atoms with E-state index in [1.54, 1.807) is 4.90 Å². The average molecular weight is 565 g/mol. The molecule has 0 spiro atoms. The molecule has 3 atom stereocenters. The van der Waals surface area contributed by atoms with Crippen molar-refractivity contribution in [3.8, 4) is 0 Å². The van der Waals surface area contributed by atoms with Crippen molar-refractivity contribution in [1.82, 2.24) is 19.6 Å². The van der Waals surface area contributed by atoms with Crippen LogP contribution in [0.1, 0.15) is 33.6 Å². The minimum atomic E-state index is -0.615. The maximum absolute atomic E-state index is 12.5. The minimum Gasteiger partial charge on any atom is -0.453 e. The van der Waals surface area contributed by atoms with Crippen LogP contribution in [0.5, 0.6) is 0 Å². The molecule has 1 heterocycles. The number of hydrogen-bond acceptors (Lipinski definition) is 11. The Morgan fingerprint density at radius 3 is 1.33 bits per heavy atom. The van der Waals surface area contributed by atoms with Gasteiger partial charge in [-0.3, -0.25) is 14.7 Å². The van der Waals surface area contributed by atoms with Gasteiger partial charge in [-0.15, -0.1) is 0 Å². The van der Waals surface area contributed by atoms with E-state index in [0.29, 0.717) is 78.8 Å². The van der Waals surface area contributed by atoms with Gasteiger partial charge in [-0.1, -0.05) is 0 Å². The number of ether oxygens (including phenoxy) is 4. The van der Waals surface area contributed by atoms with Crippen molar-refractivity contribution in [1.29, 1.82) is 0 Å². The van der Waals surface area contributed by atoms with Crippen LogP contribution in [0.25, 0.3) is 0 Å². The summed E-state index contributed by atoms with van der Waals surface area (Å²) in [5, 5.41) is 31.5. The lowest BCUT2D eigenvalue weighted by molar-refractivity contribution is 0.00686. The lowest BCUT2D eigenvalue weighted by Gasteiger charge is -2.33. The van der Waals surface area contributed by atoms with E-state index in [0.717, 1.165) is 32.5 Å². The van der Waals surface area contributed by atoms with Crippen LogP contribution in [-0.4, -0.2) is 178 Å². The smallest absolute Gasteiger partial charge is 0.409 e. The number of carbonyl (C=O) groups is 1. The van der Waals surface area contributed by atoms with Gasteiger partial charge in [0, 0.05) is 72.2 Å². The molecule has 0 aromatic rings. The summed E-state index contributed by atoms with van der Waals surface area (Å²) in [6.45, 7) is 14.9. The molecule has 12 nitrogen and oxygen atoms in total. The quantitative estimate of drug-likeness (QED) is 0.248. The Kier molecular flexibility index (Phi) is 20.8. The first-order valence-corrected chi connectivity index (χ1v) is 14.6. The van der Waals surface area contributed by atoms with Crippen molar-refractivity contribution < 1.29 is 39.1 Å². The summed E-state index contributed by atoms with van der Waals surface area (Å²) in [6.07, 6.45) is -0.622. The molecule has 3 N–H and O–H groups in total. The monoisotopic (exact) mass is 564 g/mol. The molecule has 1 aliphatic heterocycles. The molecule has 39 heavy (non-hydrogen) atoms. The number of β-amino-alcohol motifs (C(OH)–C–C–N with tert-alkyl or cyclic N) is 3. The number of nitrogens with zero attached hydrogens (tertiary/aromatic N) is 4. The highest BCUT2D eigenvalue weighted by Gasteiger charge is 2.21. The molecule has 3 unspecified atom stereocenters. The summed E-state index contributed by atoms with van der Waals surface area (Å²) in [6, 6.07) is 0. The zero-order valence-electron chi connectivity index (χ0n) is 24.8. The van der Waals surface area contributed by atoms with Gasteiger partial charge in [0.15, 0.2) is 0 Å². The summed E-state index contributed by atoms with van der Waals surface area (Å²) >= 11 is 0. The fraction of sp³-hybridized carbons (Fsp3) is 0.963. The van der Waals surface area contributed by atoms with Gasteiger partial charge < -0.3 is 39.2 Å². The van der Waals surface area contributed by atoms with Crippen LogP contribution < -0.4 is 0 Å². The predicted octanol–water partition coefficient (Wildman–Crippen LogP) is -0.0532. The zero-order valence-corrected chi connectivity index (χ0v) is 24.8. The fourth-order valence-electron chi connectivity index (χ4n) is 4.67. The summed E-state index contributed by atoms with van der Waals surface area (Å²) in [7, 11) is 1.39. The van der Waals surface area contributed by atoms with Crippen molar-refractivity contribution in [2.24, 2.45) is 0 Å². The van der Waals surface area contributed by atoms with Crippen molar-refractivity contribution >= 4 is 6.09 Å². The molecule has 0 aromatic heterocycles. The molecule has 0 saturated carbocycles. The molecule has 1 saturated heterocycles. The van der Waals surface area contributed by atoms with Crippen LogP contribution in [0.2, 0.25) is 0 Å². The summed E-state index contributed by atoms with van der Waals surface area (Å²) < 4.78 is 21.3. The van der Waals surface area contributed by atoms with Gasteiger partial charge in [-0.25, -0.2) is 4.79 Å². The molecule has 1 fully saturated rings. The third-order valence-corrected chi connectivity index (χ3v) is 6.65. The van der Waals surface area contributed by atoms with Gasteiger partial charge in [0.25, 0.3) is 0 Å². The van der Waals surface area contributed by atoms with Crippen LogP contribution in [0.4, 0.5) is 4.79 Å². The number of carbonyl (C=O) groups excluding carboxylic acids is 1. The molecule has 0 bridgehead atoms. The van der Waals surface area contributed by atoms with Crippen LogP contribution in [0.3, 0.4) is 0 Å². The van der Waals surface area contributed by atoms with E-state index in [2.05, 4.69) is 14.7 Å². The summed E-state index contributed by atoms with van der Waals surface area (Å²) in [4.78, 5) is 20.8. The van der Waals surface area contributed by atoms with E-state index in [-0.39, 0.29) is 19.3 Å². The van der Waals surface area contributed by atoms with Gasteiger partial charge in [0.1, 0.15) is 0 Å². The number of hydrogen-bond donors (Lipinski definition) is 3. The first kappa shape index (κ1) is 35.9. The standard InChI is InChI=1S/C27H56N4O8/c1-5-37-21-24(32)18-28-10-8-11-30(20-26(34)23-39-7-3)16-17-31(27(35)36-4)13-9-12-29(15-14-28)19-25(33)22-38-6-2/h24-26,32-34H,5-23H2,1-4H3. The second-order valence-corrected chi connectivity index (χ2v) is 10.0. The van der Waals surface area contributed by atoms with Crippen molar-refractivity contribution in [2.75, 3.05) is 119 Å². The number of aliphatic hydroxyl groups excluding tert-OH is 3. The molecular formula is C27H56N4O8. The van der Waals surface area contributed by atoms with Crippen LogP contribution in [0, 0.1) is 0 Å². The number of rotatable bonds is 15. The second kappa shape index (κ2) is 22.6. The van der Waals surface area contributed by atoms with E-state index in [9.17, 15) is 20.1 Å². The molecule has 0 aromatic carbocycles. The first-order chi connectivity index (χ1) is 18.8. The van der Waals surface area contributed by atoms with Crippen molar-refractivity contribution in [2.45, 2.75) is 51.9 Å². The first-order valence-electron chi connectivity index (χ1n) is 14.6. The van der Waals surface area contributed by atoms with E-state index in [1.165, 1.54) is 7.11 Å². The highest BCUT2D eigenvalue weighted by molar-refractivity contribution is 5.67. The molecule has 1 amide bonds. The van der Waals surface area contributed by atoms with Gasteiger partial charge in [0.05, 0.1) is 45.2 Å². The predicted molar refractivity (Wildman–Crippen MR) is 150 cm³/mol. The Balaban J connectivity index is 2.97. The number of methoxy groups -OCH3 is 1. The molecule has 232 valence electrons. The van der Waals surface area contributed by atoms with E-state index in [1.807, 2.05) is 20.8 Å². The largest absolute Gasteiger partial charge is 0.453 e. The average Bonchev–Trinajstić information content (AvgIpc) is 2.92. The van der Waals surface area contributed by atoms with Crippen molar-refractivity contribution in [3.05, 3.63) is 0 Å². The summed E-state index contributed by atoms with van der Waals surface area (Å²) in [5.41, 5.74) is 0. The Morgan fingerprint density at radius 2 is 0.974 bits per heavy atom. The zero-order chi connectivity index (χ0) is 28.9. The van der Waals surface area contributed by atoms with Gasteiger partial charge in [-0.2, -0.15) is 0 Å². The Labute approximate surface area is 235 Å². The summed E-state index contributed by atoms with van der Waals surface area (Å²) in [5.74, 6) is 0. The third kappa shape index (κ3) is 17.4. The Morgan fingerprint density at radius 1 is 0.615 bits per heavy atom. The number of amides is 1. The maximum Gasteiger partial charge on any atom is 0.409 e.